The minimum Gasteiger partial charge on any atom is -0.475 e. The zero-order valence-electron chi connectivity index (χ0n) is 7.56. The molecule has 60 valence electrons. The van der Waals surface area contributed by atoms with Crippen LogP contribution >= 0.6 is 0 Å². The summed E-state index contributed by atoms with van der Waals surface area (Å²) in [5.41, 5.74) is 0. The van der Waals surface area contributed by atoms with E-state index in [1.165, 1.54) is 10.6 Å². The molecule has 0 fully saturated rings. The first-order chi connectivity index (χ1) is 5.13. The van der Waals surface area contributed by atoms with Gasteiger partial charge in [-0.25, -0.2) is 0 Å². The Morgan fingerprint density at radius 1 is 1.09 bits per heavy atom. The van der Waals surface area contributed by atoms with Crippen LogP contribution in [-0.2, 0) is 0 Å². The quantitative estimate of drug-likeness (QED) is 0.627. The second-order valence-electron chi connectivity index (χ2n) is 3.16. The Kier molecular flexibility index (Phi) is 2.73. The minimum absolute atomic E-state index is 0.312. The van der Waals surface area contributed by atoms with E-state index >= 15 is 0 Å². The first kappa shape index (κ1) is 8.81. The fraction of sp³-hybridized carbons (Fsp3) is 0.500. The van der Waals surface area contributed by atoms with Gasteiger partial charge in [0.2, 0.25) is 0 Å². The minimum atomic E-state index is -0.385. The molecule has 0 atom stereocenters. The Bertz CT molecular complexity index is 205. The van der Waals surface area contributed by atoms with Gasteiger partial charge in [-0.05, 0) is 11.3 Å². The van der Waals surface area contributed by atoms with Crippen LogP contribution < -0.4 is 10.6 Å². The molecule has 0 unspecified atom stereocenters. The van der Waals surface area contributed by atoms with Gasteiger partial charge in [0.15, 0.2) is 0 Å². The molecule has 1 rings (SSSR count). The van der Waals surface area contributed by atoms with E-state index in [1.54, 1.807) is 0 Å². The summed E-state index contributed by atoms with van der Waals surface area (Å²) in [5, 5.41) is 2.78. The molecule has 0 amide bonds. The summed E-state index contributed by atoms with van der Waals surface area (Å²) in [4.78, 5) is 0. The monoisotopic (exact) mass is 182 g/mol. The second kappa shape index (κ2) is 3.41. The number of hydrogen-bond acceptors (Lipinski definition) is 1. The smallest absolute Gasteiger partial charge is 0.127 e. The van der Waals surface area contributed by atoms with Crippen molar-refractivity contribution in [3.8, 4) is 0 Å². The van der Waals surface area contributed by atoms with E-state index in [4.69, 9.17) is 4.42 Å². The predicted molar refractivity (Wildman–Crippen MR) is 52.9 cm³/mol. The first-order valence-electron chi connectivity index (χ1n) is 3.81. The summed E-state index contributed by atoms with van der Waals surface area (Å²) < 4.78 is 5.46. The molecule has 0 saturated carbocycles. The van der Waals surface area contributed by atoms with Gasteiger partial charge < -0.3 is 4.42 Å². The molecular weight excluding hydrogens is 168 g/mol. The molecule has 11 heavy (non-hydrogen) atoms. The lowest BCUT2D eigenvalue weighted by Gasteiger charge is -2.05. The lowest BCUT2D eigenvalue weighted by Crippen LogP contribution is -2.41. The van der Waals surface area contributed by atoms with Gasteiger partial charge in [-0.2, -0.15) is 0 Å². The van der Waals surface area contributed by atoms with Gasteiger partial charge >= 0.3 is 0 Å². The number of rotatable bonds is 2. The topological polar surface area (TPSA) is 13.1 Å². The normalized spacial score (nSPS) is 11.5. The summed E-state index contributed by atoms with van der Waals surface area (Å²) in [6.45, 7) is 9.17. The van der Waals surface area contributed by atoms with Crippen molar-refractivity contribution in [2.75, 3.05) is 0 Å². The van der Waals surface area contributed by atoms with E-state index in [9.17, 15) is 0 Å². The maximum atomic E-state index is 5.46. The molecular formula is C8H14OSi2. The molecule has 0 saturated heterocycles. The van der Waals surface area contributed by atoms with Crippen LogP contribution in [-0.4, -0.2) is 17.6 Å². The predicted octanol–water partition coefficient (Wildman–Crippen LogP) is 1.20. The average molecular weight is 182 g/mol. The molecule has 1 heterocycles. The third-order valence-electron chi connectivity index (χ3n) is 1.66. The van der Waals surface area contributed by atoms with Gasteiger partial charge in [0, 0.05) is 0 Å². The van der Waals surface area contributed by atoms with E-state index in [0.717, 1.165) is 0 Å². The van der Waals surface area contributed by atoms with E-state index in [-0.39, 0.29) is 17.6 Å². The molecule has 0 aliphatic heterocycles. The zero-order chi connectivity index (χ0) is 8.43. The molecule has 0 aromatic carbocycles. The van der Waals surface area contributed by atoms with Crippen LogP contribution in [0.5, 0.6) is 0 Å². The van der Waals surface area contributed by atoms with Crippen molar-refractivity contribution in [1.29, 1.82) is 0 Å². The lowest BCUT2D eigenvalue weighted by atomic mass is 10.7. The molecule has 0 N–H and O–H groups in total. The highest BCUT2D eigenvalue weighted by Crippen LogP contribution is 1.90. The van der Waals surface area contributed by atoms with Gasteiger partial charge in [-0.15, -0.1) is 0 Å². The largest absolute Gasteiger partial charge is 0.475 e. The SMILES string of the molecule is C[Si](C)c1ccoc1[Si](C)C. The van der Waals surface area contributed by atoms with Crippen LogP contribution in [0.15, 0.2) is 16.7 Å². The zero-order valence-corrected chi connectivity index (χ0v) is 9.56. The van der Waals surface area contributed by atoms with Crippen molar-refractivity contribution >= 4 is 28.2 Å². The van der Waals surface area contributed by atoms with Gasteiger partial charge in [-0.3, -0.25) is 0 Å². The number of hydrogen-bond donors (Lipinski definition) is 0. The Hall–Kier alpha value is -0.286. The molecule has 1 nitrogen and oxygen atoms in total. The average Bonchev–Trinajstić information content (AvgIpc) is 2.32. The summed E-state index contributed by atoms with van der Waals surface area (Å²) >= 11 is 0. The Labute approximate surface area is 71.6 Å². The van der Waals surface area contributed by atoms with Crippen molar-refractivity contribution in [3.05, 3.63) is 12.3 Å². The summed E-state index contributed by atoms with van der Waals surface area (Å²) in [6, 6.07) is 2.14. The van der Waals surface area contributed by atoms with E-state index in [2.05, 4.69) is 32.3 Å². The third kappa shape index (κ3) is 1.84. The van der Waals surface area contributed by atoms with Crippen LogP contribution in [0.25, 0.3) is 0 Å². The van der Waals surface area contributed by atoms with Crippen molar-refractivity contribution in [2.24, 2.45) is 0 Å². The van der Waals surface area contributed by atoms with Gasteiger partial charge in [0.1, 0.15) is 8.80 Å². The van der Waals surface area contributed by atoms with E-state index in [0.29, 0.717) is 0 Å². The lowest BCUT2D eigenvalue weighted by molar-refractivity contribution is 0.600. The van der Waals surface area contributed by atoms with Crippen LogP contribution in [0.3, 0.4) is 0 Å². The third-order valence-corrected chi connectivity index (χ3v) is 4.67. The van der Waals surface area contributed by atoms with Crippen LogP contribution in [0.4, 0.5) is 0 Å². The highest BCUT2D eigenvalue weighted by atomic mass is 28.3. The maximum absolute atomic E-state index is 5.46. The summed E-state index contributed by atoms with van der Waals surface area (Å²) in [5.74, 6) is 0. The number of furan rings is 1. The molecule has 2 radical (unpaired) electrons. The molecule has 0 spiro atoms. The summed E-state index contributed by atoms with van der Waals surface area (Å²) in [6.07, 6.45) is 1.83. The van der Waals surface area contributed by atoms with Crippen molar-refractivity contribution in [2.45, 2.75) is 26.2 Å². The Morgan fingerprint density at radius 2 is 1.73 bits per heavy atom. The molecule has 1 aromatic heterocycles. The molecule has 3 heteroatoms. The first-order valence-corrected chi connectivity index (χ1v) is 8.81. The van der Waals surface area contributed by atoms with Crippen LogP contribution in [0.1, 0.15) is 0 Å². The highest BCUT2D eigenvalue weighted by Gasteiger charge is 2.14. The Morgan fingerprint density at radius 3 is 2.09 bits per heavy atom. The summed E-state index contributed by atoms with van der Waals surface area (Å²) in [7, 11) is -0.697. The van der Waals surface area contributed by atoms with E-state index < -0.39 is 0 Å². The molecule has 0 aliphatic rings. The van der Waals surface area contributed by atoms with Gasteiger partial charge in [0.25, 0.3) is 0 Å². The van der Waals surface area contributed by atoms with Gasteiger partial charge in [0.05, 0.1) is 20.4 Å². The van der Waals surface area contributed by atoms with Crippen LogP contribution in [0, 0.1) is 0 Å². The fourth-order valence-corrected chi connectivity index (χ4v) is 4.43. The van der Waals surface area contributed by atoms with Crippen LogP contribution in [0.2, 0.25) is 26.2 Å². The van der Waals surface area contributed by atoms with Crippen molar-refractivity contribution < 1.29 is 4.42 Å². The maximum Gasteiger partial charge on any atom is 0.127 e. The molecule has 0 aliphatic carbocycles. The second-order valence-corrected chi connectivity index (χ2v) is 8.16. The highest BCUT2D eigenvalue weighted by molar-refractivity contribution is 6.81. The van der Waals surface area contributed by atoms with Crippen molar-refractivity contribution in [3.63, 3.8) is 0 Å². The molecule has 1 aromatic rings. The van der Waals surface area contributed by atoms with Crippen molar-refractivity contribution in [1.82, 2.24) is 0 Å². The fourth-order valence-electron chi connectivity index (χ4n) is 1.09. The van der Waals surface area contributed by atoms with Gasteiger partial charge in [-0.1, -0.05) is 26.2 Å². The van der Waals surface area contributed by atoms with E-state index in [1.807, 2.05) is 6.26 Å². The Balaban J connectivity index is 2.96. The molecule has 0 bridgehead atoms. The standard InChI is InChI=1S/C8H14OSi2/c1-10(2)7-5-6-9-8(7)11(3)4/h5-6H,1-4H3.